The van der Waals surface area contributed by atoms with Crippen molar-refractivity contribution in [3.05, 3.63) is 48.6 Å². The molecule has 4 aliphatic rings. The first-order valence-corrected chi connectivity index (χ1v) is 14.2. The number of aromatic nitrogens is 8. The number of hydrogen-bond acceptors (Lipinski definition) is 14. The Hall–Kier alpha value is -1.85. The molecule has 2 aliphatic heterocycles. The van der Waals surface area contributed by atoms with Crippen molar-refractivity contribution in [1.29, 1.82) is 0 Å². The van der Waals surface area contributed by atoms with Crippen LogP contribution in [0.15, 0.2) is 48.6 Å². The summed E-state index contributed by atoms with van der Waals surface area (Å²) in [5, 5.41) is 19.2. The van der Waals surface area contributed by atoms with E-state index >= 15 is 0 Å². The van der Waals surface area contributed by atoms with Gasteiger partial charge in [-0.1, -0.05) is 12.2 Å². The molecule has 4 aromatic rings. The summed E-state index contributed by atoms with van der Waals surface area (Å²) in [6.45, 7) is 7.32. The summed E-state index contributed by atoms with van der Waals surface area (Å²) in [4.78, 5) is 25.0. The van der Waals surface area contributed by atoms with Crippen molar-refractivity contribution in [2.45, 2.75) is 75.8 Å². The Labute approximate surface area is 314 Å². The van der Waals surface area contributed by atoms with Crippen LogP contribution < -0.4 is 11.5 Å². The fourth-order valence-corrected chi connectivity index (χ4v) is 6.41. The van der Waals surface area contributed by atoms with E-state index in [1.165, 1.54) is 12.7 Å². The van der Waals surface area contributed by atoms with Crippen LogP contribution in [0.2, 0.25) is 0 Å². The Balaban J connectivity index is 0.000000174. The monoisotopic (exact) mass is 784 g/mol. The van der Waals surface area contributed by atoms with Crippen molar-refractivity contribution >= 4 is 34.0 Å². The summed E-state index contributed by atoms with van der Waals surface area (Å²) in [7, 11) is 0. The summed E-state index contributed by atoms with van der Waals surface area (Å²) < 4.78 is 27.6. The molecule has 8 rings (SSSR count). The van der Waals surface area contributed by atoms with E-state index in [2.05, 4.69) is 29.9 Å². The number of nitrogens with two attached hydrogens (primary N) is 2. The van der Waals surface area contributed by atoms with Gasteiger partial charge in [-0.25, -0.2) is 29.9 Å². The van der Waals surface area contributed by atoms with Crippen LogP contribution in [0.4, 0.5) is 11.6 Å². The molecule has 4 unspecified atom stereocenters. The van der Waals surface area contributed by atoms with Gasteiger partial charge in [0, 0.05) is 65.4 Å². The Morgan fingerprint density at radius 2 is 1.04 bits per heavy atom. The van der Waals surface area contributed by atoms with E-state index in [1.54, 1.807) is 12.7 Å². The molecule has 18 heteroatoms. The second-order valence-electron chi connectivity index (χ2n) is 12.0. The van der Waals surface area contributed by atoms with Gasteiger partial charge in [0.25, 0.3) is 0 Å². The second kappa shape index (κ2) is 13.2. The standard InChI is InChI=1S/2C14H17N5O3.2Y/c2*1-14(2)21-10-7(4-20)3-8(11(10)22-14)19-6-18-9-12(15)16-5-17-13(9)19;;/h2*3,5-6,8,10-11,20H,4H2,1-2H3,(H2,15,16,17);;/t2*8-,10?,11?;;/m10../s1. The number of ether oxygens (including phenoxy) is 4. The first kappa shape index (κ1) is 35.5. The maximum atomic E-state index is 9.58. The Bertz CT molecular complexity index is 1680. The van der Waals surface area contributed by atoms with Gasteiger partial charge in [0.2, 0.25) is 0 Å². The van der Waals surface area contributed by atoms with Crippen LogP contribution in [-0.2, 0) is 84.4 Å². The molecular formula is C28H34N10O6Y2. The summed E-state index contributed by atoms with van der Waals surface area (Å²) >= 11 is 0. The molecule has 0 amide bonds. The normalized spacial score (nSPS) is 28.5. The molecule has 0 bridgehead atoms. The van der Waals surface area contributed by atoms with Crippen molar-refractivity contribution in [1.82, 2.24) is 39.0 Å². The average Bonchev–Trinajstić information content (AvgIpc) is 3.80. The van der Waals surface area contributed by atoms with E-state index in [1.807, 2.05) is 49.0 Å². The van der Waals surface area contributed by atoms with Gasteiger partial charge in [-0.15, -0.1) is 0 Å². The molecule has 2 aliphatic carbocycles. The first-order valence-electron chi connectivity index (χ1n) is 14.2. The molecule has 6 heterocycles. The maximum absolute atomic E-state index is 9.58. The minimum atomic E-state index is -0.688. The predicted octanol–water partition coefficient (Wildman–Crippen LogP) is 0.799. The minimum Gasteiger partial charge on any atom is -0.392 e. The largest absolute Gasteiger partial charge is 0.392 e. The van der Waals surface area contributed by atoms with Crippen molar-refractivity contribution in [2.75, 3.05) is 24.7 Å². The summed E-state index contributed by atoms with van der Waals surface area (Å²) in [5.41, 5.74) is 15.7. The number of fused-ring (bicyclic) bond motifs is 4. The van der Waals surface area contributed by atoms with Crippen LogP contribution in [0, 0.1) is 0 Å². The van der Waals surface area contributed by atoms with Crippen LogP contribution in [0.25, 0.3) is 22.3 Å². The molecule has 0 aromatic carbocycles. The third kappa shape index (κ3) is 6.10. The van der Waals surface area contributed by atoms with Crippen LogP contribution in [-0.4, -0.2) is 98.5 Å². The molecular weight excluding hydrogens is 750 g/mol. The van der Waals surface area contributed by atoms with Crippen LogP contribution in [0.5, 0.6) is 0 Å². The Morgan fingerprint density at radius 3 is 1.41 bits per heavy atom. The molecule has 16 nitrogen and oxygen atoms in total. The van der Waals surface area contributed by atoms with Gasteiger partial charge >= 0.3 is 0 Å². The molecule has 238 valence electrons. The average molecular weight is 784 g/mol. The molecule has 0 saturated carbocycles. The molecule has 6 N–H and O–H groups in total. The van der Waals surface area contributed by atoms with Gasteiger partial charge in [-0.3, -0.25) is 0 Å². The number of hydrogen-bond donors (Lipinski definition) is 4. The van der Waals surface area contributed by atoms with Crippen LogP contribution in [0.3, 0.4) is 0 Å². The van der Waals surface area contributed by atoms with E-state index in [4.69, 9.17) is 30.4 Å². The minimum absolute atomic E-state index is 0. The van der Waals surface area contributed by atoms with Crippen LogP contribution >= 0.6 is 0 Å². The molecule has 4 aromatic heterocycles. The summed E-state index contributed by atoms with van der Waals surface area (Å²) in [5.74, 6) is -0.693. The zero-order chi connectivity index (χ0) is 31.0. The molecule has 46 heavy (non-hydrogen) atoms. The SMILES string of the molecule is CC1(C)OC2C(CO)=C[C@@H](n3cnc4c(N)ncnc43)C2O1.CC1(C)OC2C(CO)=C[C@H](n3cnc4c(N)ncnc43)C2O1.[Y].[Y]. The Morgan fingerprint density at radius 1 is 0.652 bits per heavy atom. The van der Waals surface area contributed by atoms with Gasteiger partial charge in [-0.2, -0.15) is 0 Å². The molecule has 2 saturated heterocycles. The number of rotatable bonds is 4. The van der Waals surface area contributed by atoms with Crippen molar-refractivity contribution < 1.29 is 94.6 Å². The smallest absolute Gasteiger partial charge is 0.166 e. The first-order chi connectivity index (χ1) is 21.0. The molecule has 6 atom stereocenters. The summed E-state index contributed by atoms with van der Waals surface area (Å²) in [6, 6.07) is -0.318. The number of imidazole rings is 2. The van der Waals surface area contributed by atoms with Gasteiger partial charge in [-0.05, 0) is 38.8 Å². The molecule has 0 spiro atoms. The number of anilines is 2. The summed E-state index contributed by atoms with van der Waals surface area (Å²) in [6.07, 6.45) is 9.07. The molecule has 2 radical (unpaired) electrons. The van der Waals surface area contributed by atoms with E-state index in [0.29, 0.717) is 34.0 Å². The Kier molecular flexibility index (Phi) is 10.2. The third-order valence-electron chi connectivity index (χ3n) is 8.21. The van der Waals surface area contributed by atoms with Gasteiger partial charge < -0.3 is 49.8 Å². The quantitative estimate of drug-likeness (QED) is 0.211. The van der Waals surface area contributed by atoms with E-state index in [0.717, 1.165) is 11.1 Å². The predicted molar refractivity (Wildman–Crippen MR) is 156 cm³/mol. The van der Waals surface area contributed by atoms with Crippen LogP contribution in [0.1, 0.15) is 39.8 Å². The zero-order valence-electron chi connectivity index (χ0n) is 25.8. The fraction of sp³-hybridized carbons (Fsp3) is 0.500. The second-order valence-corrected chi connectivity index (χ2v) is 12.0. The fourth-order valence-electron chi connectivity index (χ4n) is 6.41. The van der Waals surface area contributed by atoms with Crippen molar-refractivity contribution in [2.24, 2.45) is 0 Å². The topological polar surface area (TPSA) is 217 Å². The number of nitrogens with zero attached hydrogens (tertiary/aromatic N) is 8. The van der Waals surface area contributed by atoms with Crippen molar-refractivity contribution in [3.8, 4) is 0 Å². The van der Waals surface area contributed by atoms with E-state index < -0.39 is 11.6 Å². The number of aliphatic hydroxyl groups excluding tert-OH is 2. The zero-order valence-corrected chi connectivity index (χ0v) is 31.4. The van der Waals surface area contributed by atoms with Gasteiger partial charge in [0.05, 0.1) is 38.0 Å². The van der Waals surface area contributed by atoms with Gasteiger partial charge in [0.15, 0.2) is 34.5 Å². The molecule has 2 fully saturated rings. The maximum Gasteiger partial charge on any atom is 0.166 e. The van der Waals surface area contributed by atoms with Crippen molar-refractivity contribution in [3.63, 3.8) is 0 Å². The van der Waals surface area contributed by atoms with Gasteiger partial charge in [0.1, 0.15) is 48.1 Å². The van der Waals surface area contributed by atoms with E-state index in [-0.39, 0.29) is 115 Å². The number of aliphatic hydroxyl groups is 2. The van der Waals surface area contributed by atoms with E-state index in [9.17, 15) is 10.2 Å². The number of nitrogen functional groups attached to an aromatic ring is 2. The third-order valence-corrected chi connectivity index (χ3v) is 8.21.